The molecular formula is C16H21N3O. The summed E-state index contributed by atoms with van der Waals surface area (Å²) in [5, 5.41) is 3.25. The highest BCUT2D eigenvalue weighted by Gasteiger charge is 2.04. The third-order valence-corrected chi connectivity index (χ3v) is 2.73. The molecule has 2 aromatic rings. The monoisotopic (exact) mass is 271 g/mol. The molecule has 0 fully saturated rings. The van der Waals surface area contributed by atoms with E-state index in [0.29, 0.717) is 11.8 Å². The highest BCUT2D eigenvalue weighted by molar-refractivity contribution is 5.31. The van der Waals surface area contributed by atoms with Crippen molar-refractivity contribution in [3.05, 3.63) is 47.7 Å². The van der Waals surface area contributed by atoms with Crippen LogP contribution in [0.5, 0.6) is 5.88 Å². The number of rotatable bonds is 6. The lowest BCUT2D eigenvalue weighted by Gasteiger charge is -2.11. The van der Waals surface area contributed by atoms with Crippen LogP contribution in [0.4, 0.5) is 5.95 Å². The Kier molecular flexibility index (Phi) is 4.93. The van der Waals surface area contributed by atoms with Crippen LogP contribution >= 0.6 is 0 Å². The van der Waals surface area contributed by atoms with Gasteiger partial charge in [-0.1, -0.05) is 30.3 Å². The van der Waals surface area contributed by atoms with Gasteiger partial charge in [0.15, 0.2) is 0 Å². The van der Waals surface area contributed by atoms with Crippen molar-refractivity contribution in [3.63, 3.8) is 0 Å². The molecule has 0 aliphatic rings. The minimum Gasteiger partial charge on any atom is -0.475 e. The lowest BCUT2D eigenvalue weighted by molar-refractivity contribution is 0.232. The van der Waals surface area contributed by atoms with E-state index in [-0.39, 0.29) is 6.10 Å². The van der Waals surface area contributed by atoms with E-state index >= 15 is 0 Å². The maximum absolute atomic E-state index is 5.61. The molecule has 0 atom stereocenters. The minimum absolute atomic E-state index is 0.112. The number of nitrogens with one attached hydrogen (secondary N) is 1. The van der Waals surface area contributed by atoms with Crippen LogP contribution in [0.1, 0.15) is 25.1 Å². The van der Waals surface area contributed by atoms with Gasteiger partial charge in [0.1, 0.15) is 0 Å². The Balaban J connectivity index is 1.93. The third kappa shape index (κ3) is 4.53. The summed E-state index contributed by atoms with van der Waals surface area (Å²) < 4.78 is 5.61. The zero-order valence-corrected chi connectivity index (χ0v) is 12.3. The average Bonchev–Trinajstić information content (AvgIpc) is 2.38. The number of aromatic nitrogens is 2. The van der Waals surface area contributed by atoms with Gasteiger partial charge in [-0.05, 0) is 32.8 Å². The summed E-state index contributed by atoms with van der Waals surface area (Å²) in [6, 6.07) is 12.2. The van der Waals surface area contributed by atoms with Gasteiger partial charge < -0.3 is 10.1 Å². The van der Waals surface area contributed by atoms with Crippen molar-refractivity contribution in [1.29, 1.82) is 0 Å². The number of aryl methyl sites for hydroxylation is 1. The maximum atomic E-state index is 5.61. The van der Waals surface area contributed by atoms with Crippen molar-refractivity contribution in [2.24, 2.45) is 0 Å². The van der Waals surface area contributed by atoms with E-state index < -0.39 is 0 Å². The van der Waals surface area contributed by atoms with Crippen molar-refractivity contribution < 1.29 is 4.74 Å². The van der Waals surface area contributed by atoms with Crippen LogP contribution in [-0.4, -0.2) is 22.6 Å². The molecule has 2 rings (SSSR count). The molecule has 106 valence electrons. The van der Waals surface area contributed by atoms with Gasteiger partial charge in [0.25, 0.3) is 0 Å². The molecule has 0 spiro atoms. The van der Waals surface area contributed by atoms with Gasteiger partial charge in [-0.2, -0.15) is 4.98 Å². The van der Waals surface area contributed by atoms with E-state index in [0.717, 1.165) is 18.7 Å². The Hall–Kier alpha value is -2.10. The molecule has 4 nitrogen and oxygen atoms in total. The van der Waals surface area contributed by atoms with E-state index in [4.69, 9.17) is 4.74 Å². The van der Waals surface area contributed by atoms with Crippen molar-refractivity contribution >= 4 is 5.95 Å². The van der Waals surface area contributed by atoms with Crippen molar-refractivity contribution in [2.75, 3.05) is 11.9 Å². The number of ether oxygens (including phenoxy) is 1. The summed E-state index contributed by atoms with van der Waals surface area (Å²) in [7, 11) is 0. The van der Waals surface area contributed by atoms with Crippen LogP contribution in [0.15, 0.2) is 36.4 Å². The Morgan fingerprint density at radius 2 is 1.90 bits per heavy atom. The molecule has 0 aliphatic heterocycles. The Labute approximate surface area is 120 Å². The third-order valence-electron chi connectivity index (χ3n) is 2.73. The molecule has 4 heteroatoms. The molecule has 0 aliphatic carbocycles. The molecule has 0 radical (unpaired) electrons. The van der Waals surface area contributed by atoms with E-state index in [1.807, 2.05) is 45.0 Å². The second-order valence-corrected chi connectivity index (χ2v) is 5.00. The zero-order chi connectivity index (χ0) is 14.4. The quantitative estimate of drug-likeness (QED) is 0.876. The molecule has 0 unspecified atom stereocenters. The van der Waals surface area contributed by atoms with Gasteiger partial charge in [-0.25, -0.2) is 4.98 Å². The number of nitrogens with zero attached hydrogens (tertiary/aromatic N) is 2. The fourth-order valence-corrected chi connectivity index (χ4v) is 1.88. The molecule has 0 saturated carbocycles. The highest BCUT2D eigenvalue weighted by atomic mass is 16.5. The summed E-state index contributed by atoms with van der Waals surface area (Å²) in [6.07, 6.45) is 1.06. The molecule has 1 heterocycles. The van der Waals surface area contributed by atoms with E-state index in [1.165, 1.54) is 5.56 Å². The van der Waals surface area contributed by atoms with Gasteiger partial charge in [-0.3, -0.25) is 0 Å². The molecular weight excluding hydrogens is 250 g/mol. The summed E-state index contributed by atoms with van der Waals surface area (Å²) in [5.74, 6) is 1.24. The van der Waals surface area contributed by atoms with Gasteiger partial charge in [-0.15, -0.1) is 0 Å². The second-order valence-electron chi connectivity index (χ2n) is 5.00. The van der Waals surface area contributed by atoms with Gasteiger partial charge in [0, 0.05) is 18.3 Å². The van der Waals surface area contributed by atoms with Crippen LogP contribution in [0.25, 0.3) is 0 Å². The zero-order valence-electron chi connectivity index (χ0n) is 12.3. The molecule has 0 amide bonds. The molecule has 1 aromatic heterocycles. The molecule has 1 aromatic carbocycles. The fourth-order valence-electron chi connectivity index (χ4n) is 1.88. The van der Waals surface area contributed by atoms with Gasteiger partial charge >= 0.3 is 0 Å². The maximum Gasteiger partial charge on any atom is 0.226 e. The summed E-state index contributed by atoms with van der Waals surface area (Å²) in [4.78, 5) is 8.73. The van der Waals surface area contributed by atoms with E-state index in [2.05, 4.69) is 27.4 Å². The number of hydrogen-bond donors (Lipinski definition) is 1. The lowest BCUT2D eigenvalue weighted by Crippen LogP contribution is -2.11. The first-order valence-electron chi connectivity index (χ1n) is 6.93. The smallest absolute Gasteiger partial charge is 0.226 e. The number of anilines is 1. The fraction of sp³-hybridized carbons (Fsp3) is 0.375. The number of hydrogen-bond acceptors (Lipinski definition) is 4. The molecule has 1 N–H and O–H groups in total. The first kappa shape index (κ1) is 14.3. The topological polar surface area (TPSA) is 47.0 Å². The predicted octanol–water partition coefficient (Wildman–Crippen LogP) is 3.23. The van der Waals surface area contributed by atoms with Crippen molar-refractivity contribution in [1.82, 2.24) is 9.97 Å². The predicted molar refractivity (Wildman–Crippen MR) is 81.2 cm³/mol. The van der Waals surface area contributed by atoms with Crippen molar-refractivity contribution in [2.45, 2.75) is 33.3 Å². The molecule has 20 heavy (non-hydrogen) atoms. The Bertz CT molecular complexity index is 541. The molecule has 0 bridgehead atoms. The first-order chi connectivity index (χ1) is 9.63. The van der Waals surface area contributed by atoms with Crippen LogP contribution in [0.2, 0.25) is 0 Å². The Morgan fingerprint density at radius 1 is 1.15 bits per heavy atom. The average molecular weight is 271 g/mol. The Morgan fingerprint density at radius 3 is 2.60 bits per heavy atom. The molecule has 0 saturated heterocycles. The second kappa shape index (κ2) is 6.89. The van der Waals surface area contributed by atoms with E-state index in [9.17, 15) is 0 Å². The summed E-state index contributed by atoms with van der Waals surface area (Å²) >= 11 is 0. The minimum atomic E-state index is 0.112. The van der Waals surface area contributed by atoms with Gasteiger partial charge in [0.2, 0.25) is 11.8 Å². The van der Waals surface area contributed by atoms with E-state index in [1.54, 1.807) is 0 Å². The highest BCUT2D eigenvalue weighted by Crippen LogP contribution is 2.13. The van der Waals surface area contributed by atoms with Crippen LogP contribution in [0, 0.1) is 6.92 Å². The number of benzene rings is 1. The van der Waals surface area contributed by atoms with Crippen LogP contribution in [0.3, 0.4) is 0 Å². The first-order valence-corrected chi connectivity index (χ1v) is 6.93. The van der Waals surface area contributed by atoms with Crippen LogP contribution in [-0.2, 0) is 6.42 Å². The largest absolute Gasteiger partial charge is 0.475 e. The lowest BCUT2D eigenvalue weighted by atomic mass is 10.1. The normalized spacial score (nSPS) is 10.6. The van der Waals surface area contributed by atoms with Gasteiger partial charge in [0.05, 0.1) is 6.10 Å². The summed E-state index contributed by atoms with van der Waals surface area (Å²) in [6.45, 7) is 6.71. The standard InChI is InChI=1S/C16H21N3O/c1-12(2)20-15-11-13(3)18-16(19-15)17-10-9-14-7-5-4-6-8-14/h4-8,11-12H,9-10H2,1-3H3,(H,17,18,19). The van der Waals surface area contributed by atoms with Crippen LogP contribution < -0.4 is 10.1 Å². The van der Waals surface area contributed by atoms with Crippen molar-refractivity contribution in [3.8, 4) is 5.88 Å². The summed E-state index contributed by atoms with van der Waals surface area (Å²) in [5.41, 5.74) is 2.20. The SMILES string of the molecule is Cc1cc(OC(C)C)nc(NCCc2ccccc2)n1.